The molecule has 4 nitrogen and oxygen atoms in total. The van der Waals surface area contributed by atoms with Crippen LogP contribution in [0.5, 0.6) is 0 Å². The van der Waals surface area contributed by atoms with E-state index < -0.39 is 5.60 Å². The van der Waals surface area contributed by atoms with E-state index in [0.29, 0.717) is 19.0 Å². The third-order valence-electron chi connectivity index (χ3n) is 3.33. The lowest BCUT2D eigenvalue weighted by molar-refractivity contribution is 0.0655. The smallest absolute Gasteiger partial charge is 0.191 e. The fraction of sp³-hybridized carbons (Fsp3) is 0.353. The van der Waals surface area contributed by atoms with Crippen molar-refractivity contribution in [1.29, 1.82) is 0 Å². The van der Waals surface area contributed by atoms with Gasteiger partial charge in [-0.05, 0) is 43.0 Å². The van der Waals surface area contributed by atoms with Crippen LogP contribution in [0.3, 0.4) is 0 Å². The highest BCUT2D eigenvalue weighted by atomic mass is 79.9. The van der Waals surface area contributed by atoms with Gasteiger partial charge < -0.3 is 15.7 Å². The molecule has 0 saturated heterocycles. The number of thiophene rings is 1. The first-order chi connectivity index (χ1) is 11.0. The summed E-state index contributed by atoms with van der Waals surface area (Å²) in [5.74, 6) is 0.701. The quantitative estimate of drug-likeness (QED) is 0.518. The molecule has 1 aromatic carbocycles. The molecule has 2 rings (SSSR count). The number of rotatable bonds is 6. The highest BCUT2D eigenvalue weighted by molar-refractivity contribution is 9.10. The number of halogens is 1. The second kappa shape index (κ2) is 8.47. The fourth-order valence-corrected chi connectivity index (χ4v) is 3.08. The molecular weight excluding hydrogens is 374 g/mol. The standard InChI is InChI=1S/C17H22BrN3OS/c1-3-19-16(20-11-13-6-8-14(18)9-7-13)21-12-17(2,22)15-5-4-10-23-15/h4-10,22H,3,11-12H2,1-2H3,(H2,19,20,21). The number of aliphatic hydroxyl groups is 1. The van der Waals surface area contributed by atoms with Crippen LogP contribution in [0.25, 0.3) is 0 Å². The lowest BCUT2D eigenvalue weighted by atomic mass is 10.1. The van der Waals surface area contributed by atoms with E-state index in [-0.39, 0.29) is 0 Å². The molecule has 0 aliphatic carbocycles. The van der Waals surface area contributed by atoms with Crippen LogP contribution < -0.4 is 10.6 Å². The second-order valence-electron chi connectivity index (χ2n) is 5.43. The summed E-state index contributed by atoms with van der Waals surface area (Å²) >= 11 is 4.98. The molecule has 0 aliphatic heterocycles. The maximum atomic E-state index is 10.6. The zero-order valence-corrected chi connectivity index (χ0v) is 15.7. The summed E-state index contributed by atoms with van der Waals surface area (Å²) in [6, 6.07) is 12.0. The zero-order chi connectivity index (χ0) is 16.7. The Morgan fingerprint density at radius 3 is 2.61 bits per heavy atom. The van der Waals surface area contributed by atoms with Crippen LogP contribution in [0.15, 0.2) is 51.2 Å². The van der Waals surface area contributed by atoms with Gasteiger partial charge in [0, 0.05) is 15.9 Å². The van der Waals surface area contributed by atoms with E-state index in [2.05, 4.69) is 31.6 Å². The predicted molar refractivity (Wildman–Crippen MR) is 101 cm³/mol. The predicted octanol–water partition coefficient (Wildman–Crippen LogP) is 3.47. The van der Waals surface area contributed by atoms with Crippen molar-refractivity contribution < 1.29 is 5.11 Å². The summed E-state index contributed by atoms with van der Waals surface area (Å²) in [7, 11) is 0. The Bertz CT molecular complexity index is 624. The summed E-state index contributed by atoms with van der Waals surface area (Å²) in [4.78, 5) is 5.51. The average molecular weight is 396 g/mol. The van der Waals surface area contributed by atoms with Gasteiger partial charge in [0.15, 0.2) is 5.96 Å². The molecule has 2 aromatic rings. The average Bonchev–Trinajstić information content (AvgIpc) is 3.07. The van der Waals surface area contributed by atoms with Gasteiger partial charge in [0.1, 0.15) is 5.60 Å². The van der Waals surface area contributed by atoms with E-state index in [9.17, 15) is 5.11 Å². The normalized spacial score (nSPS) is 14.3. The van der Waals surface area contributed by atoms with Gasteiger partial charge in [0.25, 0.3) is 0 Å². The number of nitrogens with one attached hydrogen (secondary N) is 2. The van der Waals surface area contributed by atoms with E-state index >= 15 is 0 Å². The number of aliphatic imine (C=N–C) groups is 1. The van der Waals surface area contributed by atoms with Crippen molar-refractivity contribution in [3.8, 4) is 0 Å². The minimum Gasteiger partial charge on any atom is -0.383 e. The summed E-state index contributed by atoms with van der Waals surface area (Å²) in [6.45, 7) is 5.59. The Labute approximate surface area is 149 Å². The summed E-state index contributed by atoms with van der Waals surface area (Å²) in [5.41, 5.74) is 0.220. The maximum Gasteiger partial charge on any atom is 0.191 e. The molecule has 0 spiro atoms. The maximum absolute atomic E-state index is 10.6. The number of nitrogens with zero attached hydrogens (tertiary/aromatic N) is 1. The molecule has 1 aromatic heterocycles. The van der Waals surface area contributed by atoms with Crippen LogP contribution in [-0.4, -0.2) is 24.2 Å². The molecule has 124 valence electrons. The van der Waals surface area contributed by atoms with Gasteiger partial charge in [-0.1, -0.05) is 34.1 Å². The van der Waals surface area contributed by atoms with Crippen molar-refractivity contribution in [1.82, 2.24) is 10.6 Å². The van der Waals surface area contributed by atoms with Gasteiger partial charge in [-0.3, -0.25) is 0 Å². The molecule has 0 radical (unpaired) electrons. The number of hydrogen-bond donors (Lipinski definition) is 3. The van der Waals surface area contributed by atoms with E-state index in [4.69, 9.17) is 0 Å². The number of hydrogen-bond acceptors (Lipinski definition) is 3. The van der Waals surface area contributed by atoms with Crippen LogP contribution in [0, 0.1) is 0 Å². The minimum absolute atomic E-state index is 0.402. The molecular formula is C17H22BrN3OS. The molecule has 23 heavy (non-hydrogen) atoms. The van der Waals surface area contributed by atoms with Gasteiger partial charge >= 0.3 is 0 Å². The Kier molecular flexibility index (Phi) is 6.62. The fourth-order valence-electron chi connectivity index (χ4n) is 2.03. The molecule has 1 unspecified atom stereocenters. The molecule has 0 fully saturated rings. The Balaban J connectivity index is 1.97. The monoisotopic (exact) mass is 395 g/mol. The van der Waals surface area contributed by atoms with Crippen LogP contribution >= 0.6 is 27.3 Å². The van der Waals surface area contributed by atoms with E-state index in [1.807, 2.05) is 55.6 Å². The Morgan fingerprint density at radius 2 is 2.00 bits per heavy atom. The van der Waals surface area contributed by atoms with Crippen LogP contribution in [0.4, 0.5) is 0 Å². The molecule has 0 saturated carbocycles. The summed E-state index contributed by atoms with van der Waals surface area (Å²) in [5, 5.41) is 19.0. The molecule has 1 atom stereocenters. The Hall–Kier alpha value is -1.37. The van der Waals surface area contributed by atoms with E-state index in [0.717, 1.165) is 21.5 Å². The van der Waals surface area contributed by atoms with Crippen molar-refractivity contribution in [2.75, 3.05) is 13.1 Å². The first kappa shape index (κ1) is 18.0. The van der Waals surface area contributed by atoms with Gasteiger partial charge in [-0.15, -0.1) is 11.3 Å². The summed E-state index contributed by atoms with van der Waals surface area (Å²) in [6.07, 6.45) is 0. The van der Waals surface area contributed by atoms with Crippen molar-refractivity contribution in [3.05, 3.63) is 56.7 Å². The topological polar surface area (TPSA) is 56.7 Å². The van der Waals surface area contributed by atoms with Crippen molar-refractivity contribution in [2.45, 2.75) is 26.0 Å². The van der Waals surface area contributed by atoms with E-state index in [1.165, 1.54) is 0 Å². The van der Waals surface area contributed by atoms with Gasteiger partial charge in [-0.2, -0.15) is 0 Å². The van der Waals surface area contributed by atoms with Crippen LogP contribution in [-0.2, 0) is 12.1 Å². The lowest BCUT2D eigenvalue weighted by Gasteiger charge is -2.23. The summed E-state index contributed by atoms with van der Waals surface area (Å²) < 4.78 is 1.06. The molecule has 0 aliphatic rings. The molecule has 6 heteroatoms. The van der Waals surface area contributed by atoms with Crippen LogP contribution in [0.1, 0.15) is 24.3 Å². The highest BCUT2D eigenvalue weighted by Gasteiger charge is 2.24. The van der Waals surface area contributed by atoms with Crippen molar-refractivity contribution in [2.24, 2.45) is 4.99 Å². The minimum atomic E-state index is -0.915. The second-order valence-corrected chi connectivity index (χ2v) is 7.29. The molecule has 0 amide bonds. The third kappa shape index (κ3) is 5.64. The Morgan fingerprint density at radius 1 is 1.26 bits per heavy atom. The van der Waals surface area contributed by atoms with Crippen molar-refractivity contribution >= 4 is 33.2 Å². The largest absolute Gasteiger partial charge is 0.383 e. The molecule has 0 bridgehead atoms. The SMILES string of the molecule is CCNC(=NCc1ccc(Br)cc1)NCC(C)(O)c1cccs1. The van der Waals surface area contributed by atoms with Gasteiger partial charge in [0.05, 0.1) is 13.1 Å². The zero-order valence-electron chi connectivity index (χ0n) is 13.3. The first-order valence-electron chi connectivity index (χ1n) is 7.54. The lowest BCUT2D eigenvalue weighted by Crippen LogP contribution is -2.44. The van der Waals surface area contributed by atoms with Gasteiger partial charge in [0.2, 0.25) is 0 Å². The van der Waals surface area contributed by atoms with Crippen molar-refractivity contribution in [3.63, 3.8) is 0 Å². The first-order valence-corrected chi connectivity index (χ1v) is 9.21. The molecule has 3 N–H and O–H groups in total. The van der Waals surface area contributed by atoms with Crippen LogP contribution in [0.2, 0.25) is 0 Å². The number of guanidine groups is 1. The third-order valence-corrected chi connectivity index (χ3v) is 4.98. The highest BCUT2D eigenvalue weighted by Crippen LogP contribution is 2.24. The van der Waals surface area contributed by atoms with E-state index in [1.54, 1.807) is 11.3 Å². The molecule has 1 heterocycles. The number of benzene rings is 1. The van der Waals surface area contributed by atoms with Gasteiger partial charge in [-0.25, -0.2) is 4.99 Å².